The Labute approximate surface area is 128 Å². The smallest absolute Gasteiger partial charge is 0.321 e. The highest BCUT2D eigenvalue weighted by molar-refractivity contribution is 7.13. The van der Waals surface area contributed by atoms with E-state index in [1.807, 2.05) is 23.1 Å². The monoisotopic (exact) mass is 302 g/mol. The van der Waals surface area contributed by atoms with E-state index in [2.05, 4.69) is 27.6 Å². The molecule has 2 amide bonds. The molecule has 1 aliphatic rings. The fourth-order valence-corrected chi connectivity index (χ4v) is 3.19. The molecular weight excluding hydrogens is 284 g/mol. The van der Waals surface area contributed by atoms with Gasteiger partial charge in [-0.2, -0.15) is 0 Å². The maximum atomic E-state index is 12.4. The number of nitrogens with zero attached hydrogens (tertiary/aromatic N) is 3. The van der Waals surface area contributed by atoms with E-state index in [1.165, 1.54) is 23.3 Å². The standard InChI is InChI=1S/C15H18N4OS/c20-15(17-14-18-16-11-21-14)19-9-5-4-8-13(19)10-12-6-2-1-3-7-12/h1-3,6-7,11,13H,4-5,8-10H2,(H,17,18,20)/t13-/m0/s1. The first-order valence-electron chi connectivity index (χ1n) is 7.20. The maximum absolute atomic E-state index is 12.4. The van der Waals surface area contributed by atoms with Gasteiger partial charge in [-0.15, -0.1) is 10.2 Å². The Morgan fingerprint density at radius 1 is 1.33 bits per heavy atom. The van der Waals surface area contributed by atoms with E-state index in [0.717, 1.165) is 25.8 Å². The number of urea groups is 1. The highest BCUT2D eigenvalue weighted by Crippen LogP contribution is 2.22. The van der Waals surface area contributed by atoms with Crippen LogP contribution in [0.4, 0.5) is 9.93 Å². The number of benzene rings is 1. The van der Waals surface area contributed by atoms with Crippen LogP contribution in [0.15, 0.2) is 35.8 Å². The quantitative estimate of drug-likeness (QED) is 0.947. The summed E-state index contributed by atoms with van der Waals surface area (Å²) in [6, 6.07) is 10.5. The Balaban J connectivity index is 1.67. The van der Waals surface area contributed by atoms with Crippen molar-refractivity contribution in [1.82, 2.24) is 15.1 Å². The van der Waals surface area contributed by atoms with Crippen molar-refractivity contribution in [3.8, 4) is 0 Å². The number of carbonyl (C=O) groups excluding carboxylic acids is 1. The summed E-state index contributed by atoms with van der Waals surface area (Å²) >= 11 is 1.34. The van der Waals surface area contributed by atoms with Crippen LogP contribution in [0.5, 0.6) is 0 Å². The molecule has 0 unspecified atom stereocenters. The summed E-state index contributed by atoms with van der Waals surface area (Å²) in [7, 11) is 0. The normalized spacial score (nSPS) is 18.5. The van der Waals surface area contributed by atoms with Crippen LogP contribution < -0.4 is 5.32 Å². The Morgan fingerprint density at radius 3 is 2.95 bits per heavy atom. The van der Waals surface area contributed by atoms with Crippen molar-refractivity contribution in [3.05, 3.63) is 41.4 Å². The molecule has 0 spiro atoms. The van der Waals surface area contributed by atoms with Crippen molar-refractivity contribution in [3.63, 3.8) is 0 Å². The number of hydrogen-bond acceptors (Lipinski definition) is 4. The van der Waals surface area contributed by atoms with Gasteiger partial charge in [0, 0.05) is 12.6 Å². The van der Waals surface area contributed by atoms with E-state index in [1.54, 1.807) is 5.51 Å². The number of aromatic nitrogens is 2. The number of likely N-dealkylation sites (tertiary alicyclic amines) is 1. The van der Waals surface area contributed by atoms with Crippen molar-refractivity contribution in [2.24, 2.45) is 0 Å². The van der Waals surface area contributed by atoms with E-state index in [0.29, 0.717) is 5.13 Å². The maximum Gasteiger partial charge on any atom is 0.323 e. The van der Waals surface area contributed by atoms with Gasteiger partial charge < -0.3 is 4.90 Å². The SMILES string of the molecule is O=C(Nc1nncs1)N1CCCC[C@H]1Cc1ccccc1. The minimum absolute atomic E-state index is 0.0626. The molecule has 0 bridgehead atoms. The molecule has 1 N–H and O–H groups in total. The third-order valence-corrected chi connectivity index (χ3v) is 4.38. The Morgan fingerprint density at radius 2 is 2.19 bits per heavy atom. The largest absolute Gasteiger partial charge is 0.323 e. The second kappa shape index (κ2) is 6.67. The van der Waals surface area contributed by atoms with Crippen molar-refractivity contribution < 1.29 is 4.79 Å². The van der Waals surface area contributed by atoms with Crippen LogP contribution in [0.1, 0.15) is 24.8 Å². The molecule has 21 heavy (non-hydrogen) atoms. The molecule has 2 aromatic rings. The predicted octanol–water partition coefficient (Wildman–Crippen LogP) is 3.17. The average molecular weight is 302 g/mol. The molecule has 1 aromatic heterocycles. The summed E-state index contributed by atoms with van der Waals surface area (Å²) in [5, 5.41) is 11.0. The Hall–Kier alpha value is -1.95. The summed E-state index contributed by atoms with van der Waals surface area (Å²) in [6.45, 7) is 0.808. The molecule has 2 heterocycles. The molecule has 1 aliphatic heterocycles. The van der Waals surface area contributed by atoms with Gasteiger partial charge in [0.1, 0.15) is 5.51 Å². The van der Waals surface area contributed by atoms with Gasteiger partial charge in [0.25, 0.3) is 0 Å². The molecule has 0 aliphatic carbocycles. The van der Waals surface area contributed by atoms with Gasteiger partial charge in [-0.3, -0.25) is 5.32 Å². The number of carbonyl (C=O) groups is 1. The highest BCUT2D eigenvalue weighted by atomic mass is 32.1. The van der Waals surface area contributed by atoms with Crippen LogP contribution in [0, 0.1) is 0 Å². The first-order valence-corrected chi connectivity index (χ1v) is 8.08. The number of anilines is 1. The summed E-state index contributed by atoms with van der Waals surface area (Å²) in [4.78, 5) is 14.4. The second-order valence-corrected chi connectivity index (χ2v) is 6.04. The van der Waals surface area contributed by atoms with E-state index in [4.69, 9.17) is 0 Å². The molecule has 0 saturated carbocycles. The molecule has 6 heteroatoms. The van der Waals surface area contributed by atoms with Gasteiger partial charge in [0.15, 0.2) is 0 Å². The van der Waals surface area contributed by atoms with Crippen LogP contribution in [-0.4, -0.2) is 33.7 Å². The molecule has 1 fully saturated rings. The van der Waals surface area contributed by atoms with Crippen molar-refractivity contribution in [2.45, 2.75) is 31.7 Å². The number of nitrogens with one attached hydrogen (secondary N) is 1. The molecule has 0 radical (unpaired) electrons. The second-order valence-electron chi connectivity index (χ2n) is 5.21. The average Bonchev–Trinajstić information content (AvgIpc) is 3.02. The van der Waals surface area contributed by atoms with Gasteiger partial charge in [0.2, 0.25) is 5.13 Å². The number of rotatable bonds is 3. The summed E-state index contributed by atoms with van der Waals surface area (Å²) in [5.41, 5.74) is 2.89. The lowest BCUT2D eigenvalue weighted by molar-refractivity contribution is 0.162. The zero-order valence-corrected chi connectivity index (χ0v) is 12.6. The van der Waals surface area contributed by atoms with Crippen molar-refractivity contribution in [2.75, 3.05) is 11.9 Å². The zero-order chi connectivity index (χ0) is 14.5. The Kier molecular flexibility index (Phi) is 4.45. The van der Waals surface area contributed by atoms with Crippen LogP contribution >= 0.6 is 11.3 Å². The lowest BCUT2D eigenvalue weighted by Crippen LogP contribution is -2.46. The molecule has 1 atom stereocenters. The van der Waals surface area contributed by atoms with Crippen molar-refractivity contribution >= 4 is 22.5 Å². The lowest BCUT2D eigenvalue weighted by atomic mass is 9.96. The van der Waals surface area contributed by atoms with Crippen LogP contribution in [-0.2, 0) is 6.42 Å². The number of hydrogen-bond donors (Lipinski definition) is 1. The van der Waals surface area contributed by atoms with Crippen LogP contribution in [0.25, 0.3) is 0 Å². The highest BCUT2D eigenvalue weighted by Gasteiger charge is 2.27. The molecule has 1 aromatic carbocycles. The predicted molar refractivity (Wildman–Crippen MR) is 83.4 cm³/mol. The van der Waals surface area contributed by atoms with Crippen LogP contribution in [0.3, 0.4) is 0 Å². The minimum Gasteiger partial charge on any atom is -0.321 e. The Bertz CT molecular complexity index is 573. The first-order chi connectivity index (χ1) is 10.3. The van der Waals surface area contributed by atoms with E-state index in [-0.39, 0.29) is 12.1 Å². The molecule has 1 saturated heterocycles. The molecular formula is C15H18N4OS. The van der Waals surface area contributed by atoms with Gasteiger partial charge in [-0.25, -0.2) is 4.79 Å². The third-order valence-electron chi connectivity index (χ3n) is 3.78. The summed E-state index contributed by atoms with van der Waals surface area (Å²) in [5.74, 6) is 0. The van der Waals surface area contributed by atoms with Gasteiger partial charge in [-0.1, -0.05) is 41.7 Å². The van der Waals surface area contributed by atoms with Gasteiger partial charge in [0.05, 0.1) is 0 Å². The minimum atomic E-state index is -0.0626. The topological polar surface area (TPSA) is 58.1 Å². The summed E-state index contributed by atoms with van der Waals surface area (Å²) in [6.07, 6.45) is 4.21. The van der Waals surface area contributed by atoms with E-state index < -0.39 is 0 Å². The molecule has 5 nitrogen and oxygen atoms in total. The zero-order valence-electron chi connectivity index (χ0n) is 11.7. The summed E-state index contributed by atoms with van der Waals surface area (Å²) < 4.78 is 0. The lowest BCUT2D eigenvalue weighted by Gasteiger charge is -2.35. The number of amides is 2. The third kappa shape index (κ3) is 3.58. The van der Waals surface area contributed by atoms with Gasteiger partial charge in [-0.05, 0) is 31.2 Å². The van der Waals surface area contributed by atoms with Crippen LogP contribution in [0.2, 0.25) is 0 Å². The van der Waals surface area contributed by atoms with Gasteiger partial charge >= 0.3 is 6.03 Å². The number of piperidine rings is 1. The first kappa shape index (κ1) is 14.0. The molecule has 110 valence electrons. The fraction of sp³-hybridized carbons (Fsp3) is 0.400. The fourth-order valence-electron chi connectivity index (χ4n) is 2.76. The van der Waals surface area contributed by atoms with E-state index >= 15 is 0 Å². The molecule has 3 rings (SSSR count). The van der Waals surface area contributed by atoms with E-state index in [9.17, 15) is 4.79 Å². The van der Waals surface area contributed by atoms with Crippen molar-refractivity contribution in [1.29, 1.82) is 0 Å².